The number of hydrogen-bond acceptors (Lipinski definition) is 2. The lowest BCUT2D eigenvalue weighted by Gasteiger charge is -2.19. The zero-order valence-corrected chi connectivity index (χ0v) is 8.45. The normalized spacial score (nSPS) is 14.3. The monoisotopic (exact) mass is 203 g/mol. The van der Waals surface area contributed by atoms with Gasteiger partial charge >= 0.3 is 0 Å². The first-order valence-corrected chi connectivity index (χ1v) is 5.15. The molecule has 2 rings (SSSR count). The molecule has 0 fully saturated rings. The van der Waals surface area contributed by atoms with Crippen LogP contribution in [0.3, 0.4) is 0 Å². The summed E-state index contributed by atoms with van der Waals surface area (Å²) in [5.41, 5.74) is 3.17. The van der Waals surface area contributed by atoms with E-state index in [1.807, 2.05) is 18.2 Å². The number of carbonyl (C=O) groups excluding carboxylic acids is 2. The van der Waals surface area contributed by atoms with Gasteiger partial charge in [-0.05, 0) is 24.0 Å². The minimum Gasteiger partial charge on any atom is -0.326 e. The van der Waals surface area contributed by atoms with E-state index in [4.69, 9.17) is 0 Å². The van der Waals surface area contributed by atoms with Crippen molar-refractivity contribution < 1.29 is 9.59 Å². The van der Waals surface area contributed by atoms with E-state index in [2.05, 4.69) is 5.32 Å². The second kappa shape index (κ2) is 4.26. The van der Waals surface area contributed by atoms with Crippen molar-refractivity contribution in [1.29, 1.82) is 0 Å². The molecule has 0 bridgehead atoms. The number of para-hydroxylation sites is 1. The van der Waals surface area contributed by atoms with Crippen molar-refractivity contribution in [3.05, 3.63) is 29.3 Å². The smallest absolute Gasteiger partial charge is 0.224 e. The quantitative estimate of drug-likeness (QED) is 0.760. The van der Waals surface area contributed by atoms with Crippen LogP contribution in [0.2, 0.25) is 0 Å². The number of nitrogens with one attached hydrogen (secondary N) is 1. The van der Waals surface area contributed by atoms with Gasteiger partial charge in [-0.2, -0.15) is 0 Å². The fourth-order valence-corrected chi connectivity index (χ4v) is 1.90. The zero-order chi connectivity index (χ0) is 10.7. The lowest BCUT2D eigenvalue weighted by atomic mass is 9.97. The van der Waals surface area contributed by atoms with Crippen molar-refractivity contribution in [3.8, 4) is 0 Å². The van der Waals surface area contributed by atoms with E-state index in [0.29, 0.717) is 19.3 Å². The Kier molecular flexibility index (Phi) is 2.81. The van der Waals surface area contributed by atoms with Gasteiger partial charge in [0.05, 0.1) is 0 Å². The number of aldehydes is 1. The first kappa shape index (κ1) is 9.90. The zero-order valence-electron chi connectivity index (χ0n) is 8.45. The Morgan fingerprint density at radius 1 is 1.33 bits per heavy atom. The number of hydrogen-bond donors (Lipinski definition) is 1. The molecule has 0 atom stereocenters. The number of aryl methyl sites for hydroxylation is 2. The van der Waals surface area contributed by atoms with Crippen molar-refractivity contribution in [3.63, 3.8) is 0 Å². The molecule has 1 heterocycles. The van der Waals surface area contributed by atoms with Crippen LogP contribution in [0, 0.1) is 0 Å². The van der Waals surface area contributed by atoms with E-state index in [9.17, 15) is 9.59 Å². The summed E-state index contributed by atoms with van der Waals surface area (Å²) in [4.78, 5) is 21.6. The average Bonchev–Trinajstić information content (AvgIpc) is 2.26. The van der Waals surface area contributed by atoms with Gasteiger partial charge in [0, 0.05) is 18.5 Å². The highest BCUT2D eigenvalue weighted by atomic mass is 16.1. The third-order valence-corrected chi connectivity index (χ3v) is 2.65. The molecule has 0 saturated carbocycles. The topological polar surface area (TPSA) is 46.2 Å². The minimum absolute atomic E-state index is 0.0704. The fraction of sp³-hybridized carbons (Fsp3) is 0.333. The molecule has 0 spiro atoms. The van der Waals surface area contributed by atoms with Gasteiger partial charge in [0.15, 0.2) is 0 Å². The molecule has 1 aromatic carbocycles. The van der Waals surface area contributed by atoms with Crippen molar-refractivity contribution >= 4 is 17.9 Å². The van der Waals surface area contributed by atoms with Gasteiger partial charge in [0.1, 0.15) is 6.29 Å². The summed E-state index contributed by atoms with van der Waals surface area (Å²) < 4.78 is 0. The number of fused-ring (bicyclic) bond motifs is 1. The van der Waals surface area contributed by atoms with E-state index in [-0.39, 0.29) is 5.91 Å². The maximum atomic E-state index is 11.3. The Morgan fingerprint density at radius 3 is 3.00 bits per heavy atom. The molecule has 0 radical (unpaired) electrons. The largest absolute Gasteiger partial charge is 0.326 e. The number of benzene rings is 1. The Hall–Kier alpha value is -1.64. The van der Waals surface area contributed by atoms with Crippen LogP contribution in [0.1, 0.15) is 24.0 Å². The van der Waals surface area contributed by atoms with Gasteiger partial charge in [0.25, 0.3) is 0 Å². The molecule has 0 saturated heterocycles. The van der Waals surface area contributed by atoms with Crippen molar-refractivity contribution in [2.24, 2.45) is 0 Å². The van der Waals surface area contributed by atoms with E-state index in [0.717, 1.165) is 24.0 Å². The second-order valence-electron chi connectivity index (χ2n) is 3.70. The van der Waals surface area contributed by atoms with Gasteiger partial charge in [-0.1, -0.05) is 18.2 Å². The molecule has 3 heteroatoms. The van der Waals surface area contributed by atoms with Crippen molar-refractivity contribution in [2.45, 2.75) is 25.7 Å². The molecule has 3 nitrogen and oxygen atoms in total. The number of carbonyl (C=O) groups is 2. The lowest BCUT2D eigenvalue weighted by Crippen LogP contribution is -2.20. The Morgan fingerprint density at radius 2 is 2.20 bits per heavy atom. The van der Waals surface area contributed by atoms with E-state index in [1.54, 1.807) is 0 Å². The van der Waals surface area contributed by atoms with Crippen LogP contribution in [0.5, 0.6) is 0 Å². The van der Waals surface area contributed by atoms with Crippen LogP contribution in [0.4, 0.5) is 5.69 Å². The molecular weight excluding hydrogens is 190 g/mol. The first-order chi connectivity index (χ1) is 7.31. The predicted octanol–water partition coefficient (Wildman–Crippen LogP) is 1.70. The maximum Gasteiger partial charge on any atom is 0.224 e. The van der Waals surface area contributed by atoms with Crippen LogP contribution >= 0.6 is 0 Å². The maximum absolute atomic E-state index is 11.3. The molecule has 1 N–H and O–H groups in total. The average molecular weight is 203 g/mol. The lowest BCUT2D eigenvalue weighted by molar-refractivity contribution is -0.116. The molecule has 78 valence electrons. The van der Waals surface area contributed by atoms with Crippen LogP contribution in [-0.2, 0) is 22.4 Å². The van der Waals surface area contributed by atoms with Crippen LogP contribution in [0.15, 0.2) is 18.2 Å². The van der Waals surface area contributed by atoms with Crippen LogP contribution in [0.25, 0.3) is 0 Å². The summed E-state index contributed by atoms with van der Waals surface area (Å²) in [7, 11) is 0. The molecule has 0 aliphatic carbocycles. The Labute approximate surface area is 88.5 Å². The molecular formula is C12H13NO2. The summed E-state index contributed by atoms with van der Waals surface area (Å²) in [5.74, 6) is 0.0704. The molecule has 1 aromatic rings. The Bertz CT molecular complexity index is 399. The van der Waals surface area contributed by atoms with E-state index >= 15 is 0 Å². The van der Waals surface area contributed by atoms with Gasteiger partial charge < -0.3 is 10.1 Å². The fourth-order valence-electron chi connectivity index (χ4n) is 1.90. The molecule has 1 aliphatic rings. The van der Waals surface area contributed by atoms with Crippen molar-refractivity contribution in [1.82, 2.24) is 0 Å². The third-order valence-electron chi connectivity index (χ3n) is 2.65. The summed E-state index contributed by atoms with van der Waals surface area (Å²) in [5, 5.41) is 2.88. The van der Waals surface area contributed by atoms with Crippen molar-refractivity contribution in [2.75, 3.05) is 5.32 Å². The standard InChI is InChI=1S/C12H13NO2/c14-8-2-5-9-3-1-4-10-6-7-11(15)13-12(9)10/h1,3-4,8H,2,5-7H2,(H,13,15). The first-order valence-electron chi connectivity index (χ1n) is 5.15. The number of amides is 1. The van der Waals surface area contributed by atoms with Crippen LogP contribution < -0.4 is 5.32 Å². The summed E-state index contributed by atoms with van der Waals surface area (Å²) >= 11 is 0. The summed E-state index contributed by atoms with van der Waals surface area (Å²) in [6, 6.07) is 5.98. The van der Waals surface area contributed by atoms with Gasteiger partial charge in [-0.15, -0.1) is 0 Å². The summed E-state index contributed by atoms with van der Waals surface area (Å²) in [6.45, 7) is 0. The Balaban J connectivity index is 2.30. The van der Waals surface area contributed by atoms with Gasteiger partial charge in [-0.25, -0.2) is 0 Å². The highest BCUT2D eigenvalue weighted by molar-refractivity contribution is 5.94. The molecule has 1 amide bonds. The number of rotatable bonds is 3. The SMILES string of the molecule is O=CCCc1cccc2c1NC(=O)CC2. The summed E-state index contributed by atoms with van der Waals surface area (Å²) in [6.07, 6.45) is 3.48. The molecule has 1 aliphatic heterocycles. The third kappa shape index (κ3) is 2.06. The van der Waals surface area contributed by atoms with Gasteiger partial charge in [-0.3, -0.25) is 4.79 Å². The predicted molar refractivity (Wildman–Crippen MR) is 57.8 cm³/mol. The van der Waals surface area contributed by atoms with E-state index < -0.39 is 0 Å². The number of anilines is 1. The van der Waals surface area contributed by atoms with E-state index in [1.165, 1.54) is 5.56 Å². The minimum atomic E-state index is 0.0704. The van der Waals surface area contributed by atoms with Crippen LogP contribution in [-0.4, -0.2) is 12.2 Å². The second-order valence-corrected chi connectivity index (χ2v) is 3.70. The molecule has 15 heavy (non-hydrogen) atoms. The molecule has 0 unspecified atom stereocenters. The molecule has 0 aromatic heterocycles. The highest BCUT2D eigenvalue weighted by Crippen LogP contribution is 2.27. The van der Waals surface area contributed by atoms with Gasteiger partial charge in [0.2, 0.25) is 5.91 Å². The highest BCUT2D eigenvalue weighted by Gasteiger charge is 2.16.